The van der Waals surface area contributed by atoms with Crippen molar-refractivity contribution in [3.8, 4) is 0 Å². The molecule has 2 aromatic rings. The first-order valence-corrected chi connectivity index (χ1v) is 11.2. The highest BCUT2D eigenvalue weighted by Gasteiger charge is 2.39. The van der Waals surface area contributed by atoms with Crippen molar-refractivity contribution in [2.75, 3.05) is 32.7 Å². The van der Waals surface area contributed by atoms with Gasteiger partial charge in [0, 0.05) is 57.6 Å². The number of aliphatic hydroxyl groups is 1. The average molecular weight is 394 g/mol. The Morgan fingerprint density at radius 2 is 1.76 bits per heavy atom. The molecule has 2 aliphatic rings. The fourth-order valence-corrected chi connectivity index (χ4v) is 5.12. The maximum absolute atomic E-state index is 11.6. The molecule has 1 atom stereocenters. The lowest BCUT2D eigenvalue weighted by Gasteiger charge is -2.43. The van der Waals surface area contributed by atoms with Crippen LogP contribution in [-0.4, -0.2) is 58.2 Å². The third-order valence-electron chi connectivity index (χ3n) is 6.85. The topological polar surface area (TPSA) is 39.6 Å². The summed E-state index contributed by atoms with van der Waals surface area (Å²) in [6, 6.07) is 13.0. The lowest BCUT2D eigenvalue weighted by atomic mass is 9.72. The third kappa shape index (κ3) is 5.25. The van der Waals surface area contributed by atoms with Gasteiger partial charge in [0.05, 0.1) is 5.60 Å². The van der Waals surface area contributed by atoms with Crippen LogP contribution in [0.2, 0.25) is 0 Å². The molecule has 1 unspecified atom stereocenters. The SMILES string of the molecule is Cc1cccc(C(CN2CCN(Cc3cccnc3)CC2)C2(O)CCCCC2)c1. The third-order valence-corrected chi connectivity index (χ3v) is 6.85. The summed E-state index contributed by atoms with van der Waals surface area (Å²) in [4.78, 5) is 9.33. The minimum Gasteiger partial charge on any atom is -0.389 e. The minimum atomic E-state index is -0.557. The zero-order valence-corrected chi connectivity index (χ0v) is 17.8. The van der Waals surface area contributed by atoms with Gasteiger partial charge in [-0.25, -0.2) is 0 Å². The van der Waals surface area contributed by atoms with Gasteiger partial charge in [-0.05, 0) is 37.0 Å². The zero-order chi connectivity index (χ0) is 20.1. The van der Waals surface area contributed by atoms with E-state index in [1.165, 1.54) is 23.1 Å². The van der Waals surface area contributed by atoms with Crippen molar-refractivity contribution in [2.24, 2.45) is 0 Å². The van der Waals surface area contributed by atoms with Crippen molar-refractivity contribution >= 4 is 0 Å². The molecule has 1 saturated carbocycles. The van der Waals surface area contributed by atoms with Gasteiger partial charge in [-0.3, -0.25) is 9.88 Å². The molecule has 0 bridgehead atoms. The molecule has 1 aliphatic heterocycles. The van der Waals surface area contributed by atoms with Crippen LogP contribution in [0.3, 0.4) is 0 Å². The summed E-state index contributed by atoms with van der Waals surface area (Å²) in [7, 11) is 0. The second-order valence-electron chi connectivity index (χ2n) is 9.07. The Morgan fingerprint density at radius 1 is 1.00 bits per heavy atom. The summed E-state index contributed by atoms with van der Waals surface area (Å²) < 4.78 is 0. The van der Waals surface area contributed by atoms with Gasteiger partial charge in [0.15, 0.2) is 0 Å². The normalized spacial score (nSPS) is 21.7. The first kappa shape index (κ1) is 20.5. The molecular weight excluding hydrogens is 358 g/mol. The van der Waals surface area contributed by atoms with E-state index in [9.17, 15) is 5.11 Å². The molecule has 1 aliphatic carbocycles. The van der Waals surface area contributed by atoms with E-state index in [1.54, 1.807) is 0 Å². The summed E-state index contributed by atoms with van der Waals surface area (Å²) in [5.41, 5.74) is 3.33. The van der Waals surface area contributed by atoms with E-state index in [4.69, 9.17) is 0 Å². The van der Waals surface area contributed by atoms with E-state index in [1.807, 2.05) is 18.5 Å². The number of rotatable bonds is 6. The fraction of sp³-hybridized carbons (Fsp3) is 0.560. The highest BCUT2D eigenvalue weighted by molar-refractivity contribution is 5.28. The van der Waals surface area contributed by atoms with Crippen molar-refractivity contribution < 1.29 is 5.11 Å². The van der Waals surface area contributed by atoms with Gasteiger partial charge in [0.2, 0.25) is 0 Å². The van der Waals surface area contributed by atoms with Crippen LogP contribution in [0.4, 0.5) is 0 Å². The molecule has 1 saturated heterocycles. The summed E-state index contributed by atoms with van der Waals surface area (Å²) >= 11 is 0. The Kier molecular flexibility index (Phi) is 6.63. The van der Waals surface area contributed by atoms with Gasteiger partial charge in [-0.15, -0.1) is 0 Å². The van der Waals surface area contributed by atoms with E-state index >= 15 is 0 Å². The molecule has 2 heterocycles. The molecule has 0 amide bonds. The summed E-state index contributed by atoms with van der Waals surface area (Å²) in [5, 5.41) is 11.6. The first-order chi connectivity index (χ1) is 14.1. The van der Waals surface area contributed by atoms with Gasteiger partial charge in [0.25, 0.3) is 0 Å². The van der Waals surface area contributed by atoms with Crippen LogP contribution in [0.15, 0.2) is 48.8 Å². The highest BCUT2D eigenvalue weighted by Crippen LogP contribution is 2.40. The van der Waals surface area contributed by atoms with Gasteiger partial charge in [-0.1, -0.05) is 55.2 Å². The second-order valence-corrected chi connectivity index (χ2v) is 9.07. The molecule has 1 aromatic heterocycles. The Hall–Kier alpha value is -1.75. The summed E-state index contributed by atoms with van der Waals surface area (Å²) in [6.07, 6.45) is 9.24. The predicted octanol–water partition coefficient (Wildman–Crippen LogP) is 3.99. The summed E-state index contributed by atoms with van der Waals surface area (Å²) in [6.45, 7) is 8.38. The number of piperazine rings is 1. The number of benzene rings is 1. The molecule has 0 spiro atoms. The molecule has 4 nitrogen and oxygen atoms in total. The molecule has 2 fully saturated rings. The quantitative estimate of drug-likeness (QED) is 0.806. The summed E-state index contributed by atoms with van der Waals surface area (Å²) in [5.74, 6) is 0.201. The van der Waals surface area contributed by atoms with Crippen LogP contribution in [-0.2, 0) is 6.54 Å². The number of nitrogens with zero attached hydrogens (tertiary/aromatic N) is 3. The van der Waals surface area contributed by atoms with Gasteiger partial charge < -0.3 is 10.0 Å². The maximum Gasteiger partial charge on any atom is 0.0728 e. The number of hydrogen-bond acceptors (Lipinski definition) is 4. The number of hydrogen-bond donors (Lipinski definition) is 1. The van der Waals surface area contributed by atoms with Crippen LogP contribution in [0.5, 0.6) is 0 Å². The van der Waals surface area contributed by atoms with E-state index < -0.39 is 5.60 Å². The van der Waals surface area contributed by atoms with Crippen LogP contribution in [0, 0.1) is 6.92 Å². The van der Waals surface area contributed by atoms with Crippen molar-refractivity contribution in [1.29, 1.82) is 0 Å². The number of aromatic nitrogens is 1. The van der Waals surface area contributed by atoms with Crippen molar-refractivity contribution in [1.82, 2.24) is 14.8 Å². The fourth-order valence-electron chi connectivity index (χ4n) is 5.12. The van der Waals surface area contributed by atoms with E-state index in [0.29, 0.717) is 0 Å². The molecule has 4 heteroatoms. The lowest BCUT2D eigenvalue weighted by molar-refractivity contribution is -0.0344. The number of aryl methyl sites for hydroxylation is 1. The van der Waals surface area contributed by atoms with E-state index in [-0.39, 0.29) is 5.92 Å². The largest absolute Gasteiger partial charge is 0.389 e. The Balaban J connectivity index is 1.42. The van der Waals surface area contributed by atoms with Crippen LogP contribution < -0.4 is 0 Å². The van der Waals surface area contributed by atoms with Crippen LogP contribution in [0.1, 0.15) is 54.7 Å². The van der Waals surface area contributed by atoms with Crippen LogP contribution in [0.25, 0.3) is 0 Å². The van der Waals surface area contributed by atoms with Crippen molar-refractivity contribution in [3.05, 3.63) is 65.5 Å². The Morgan fingerprint density at radius 3 is 2.45 bits per heavy atom. The second kappa shape index (κ2) is 9.38. The zero-order valence-electron chi connectivity index (χ0n) is 17.8. The smallest absolute Gasteiger partial charge is 0.0728 e. The maximum atomic E-state index is 11.6. The average Bonchev–Trinajstić information content (AvgIpc) is 2.74. The molecular formula is C25H35N3O. The number of pyridine rings is 1. The standard InChI is InChI=1S/C25H35N3O/c1-21-7-5-9-23(17-21)24(25(29)10-3-2-4-11-25)20-28-15-13-27(14-16-28)19-22-8-6-12-26-18-22/h5-9,12,17-18,24,29H,2-4,10-11,13-16,19-20H2,1H3. The monoisotopic (exact) mass is 393 g/mol. The molecule has 29 heavy (non-hydrogen) atoms. The lowest BCUT2D eigenvalue weighted by Crippen LogP contribution is -2.50. The first-order valence-electron chi connectivity index (χ1n) is 11.2. The minimum absolute atomic E-state index is 0.201. The van der Waals surface area contributed by atoms with Gasteiger partial charge >= 0.3 is 0 Å². The predicted molar refractivity (Wildman–Crippen MR) is 118 cm³/mol. The van der Waals surface area contributed by atoms with Gasteiger partial charge in [0.1, 0.15) is 0 Å². The molecule has 4 rings (SSSR count). The molecule has 156 valence electrons. The van der Waals surface area contributed by atoms with E-state index in [2.05, 4.69) is 52.0 Å². The highest BCUT2D eigenvalue weighted by atomic mass is 16.3. The van der Waals surface area contributed by atoms with Crippen LogP contribution >= 0.6 is 0 Å². The van der Waals surface area contributed by atoms with Crippen molar-refractivity contribution in [2.45, 2.75) is 57.1 Å². The molecule has 0 radical (unpaired) electrons. The van der Waals surface area contributed by atoms with Gasteiger partial charge in [-0.2, -0.15) is 0 Å². The van der Waals surface area contributed by atoms with Crippen molar-refractivity contribution in [3.63, 3.8) is 0 Å². The van der Waals surface area contributed by atoms with E-state index in [0.717, 1.165) is 65.0 Å². The molecule has 1 aromatic carbocycles. The Labute approximate surface area is 175 Å². The molecule has 1 N–H and O–H groups in total. The Bertz CT molecular complexity index is 765.